The Morgan fingerprint density at radius 1 is 1.28 bits per heavy atom. The zero-order chi connectivity index (χ0) is 18.0. The van der Waals surface area contributed by atoms with Gasteiger partial charge in [-0.25, -0.2) is 9.48 Å². The van der Waals surface area contributed by atoms with E-state index in [0.717, 1.165) is 11.3 Å². The maximum atomic E-state index is 12.5. The van der Waals surface area contributed by atoms with Gasteiger partial charge < -0.3 is 19.5 Å². The first-order valence-corrected chi connectivity index (χ1v) is 7.84. The zero-order valence-electron chi connectivity index (χ0n) is 14.6. The second-order valence-electron chi connectivity index (χ2n) is 5.40. The molecule has 1 unspecified atom stereocenters. The summed E-state index contributed by atoms with van der Waals surface area (Å²) in [6.07, 6.45) is 2.06. The standard InChI is InChI=1S/C17H20N4O4/c1-5-12-14(16(22)25-4)15(21-17(20-12)18-9-19-21)11-7-6-10(23-2)8-13(11)24-3/h6-9,15H,5H2,1-4H3,(H,18,19,20). The number of methoxy groups -OCH3 is 3. The highest BCUT2D eigenvalue weighted by Crippen LogP contribution is 2.40. The van der Waals surface area contributed by atoms with Crippen LogP contribution in [0.15, 0.2) is 35.8 Å². The van der Waals surface area contributed by atoms with Crippen LogP contribution in [0.3, 0.4) is 0 Å². The van der Waals surface area contributed by atoms with Gasteiger partial charge in [0.25, 0.3) is 0 Å². The number of allylic oxidation sites excluding steroid dienone is 1. The molecule has 0 amide bonds. The van der Waals surface area contributed by atoms with Crippen LogP contribution in [0, 0.1) is 0 Å². The van der Waals surface area contributed by atoms with E-state index in [4.69, 9.17) is 14.2 Å². The largest absolute Gasteiger partial charge is 0.497 e. The molecule has 8 heteroatoms. The Hall–Kier alpha value is -3.03. The lowest BCUT2D eigenvalue weighted by Gasteiger charge is -2.29. The van der Waals surface area contributed by atoms with Gasteiger partial charge in [-0.1, -0.05) is 6.92 Å². The Balaban J connectivity index is 2.24. The predicted octanol–water partition coefficient (Wildman–Crippen LogP) is 2.15. The number of carbonyl (C=O) groups excluding carboxylic acids is 1. The van der Waals surface area contributed by atoms with Gasteiger partial charge in [0, 0.05) is 17.3 Å². The van der Waals surface area contributed by atoms with Crippen molar-refractivity contribution >= 4 is 11.9 Å². The number of ether oxygens (including phenoxy) is 3. The Bertz CT molecular complexity index is 828. The fourth-order valence-electron chi connectivity index (χ4n) is 2.97. The van der Waals surface area contributed by atoms with Crippen molar-refractivity contribution in [2.75, 3.05) is 26.6 Å². The highest BCUT2D eigenvalue weighted by atomic mass is 16.5. The average Bonchev–Trinajstić information content (AvgIpc) is 3.13. The van der Waals surface area contributed by atoms with Crippen LogP contribution in [-0.2, 0) is 9.53 Å². The van der Waals surface area contributed by atoms with Crippen LogP contribution in [0.1, 0.15) is 24.9 Å². The van der Waals surface area contributed by atoms with E-state index in [1.165, 1.54) is 13.4 Å². The highest BCUT2D eigenvalue weighted by Gasteiger charge is 2.36. The summed E-state index contributed by atoms with van der Waals surface area (Å²) in [5.74, 6) is 1.39. The second-order valence-corrected chi connectivity index (χ2v) is 5.40. The minimum atomic E-state index is -0.512. The van der Waals surface area contributed by atoms with E-state index in [-0.39, 0.29) is 0 Å². The normalized spacial score (nSPS) is 16.1. The molecule has 1 atom stereocenters. The first-order chi connectivity index (χ1) is 12.1. The van der Waals surface area contributed by atoms with Gasteiger partial charge in [-0.05, 0) is 18.6 Å². The molecule has 25 heavy (non-hydrogen) atoms. The van der Waals surface area contributed by atoms with Crippen LogP contribution in [0.25, 0.3) is 0 Å². The lowest BCUT2D eigenvalue weighted by atomic mass is 9.93. The van der Waals surface area contributed by atoms with Gasteiger partial charge in [0.05, 0.1) is 26.9 Å². The summed E-state index contributed by atoms with van der Waals surface area (Å²) in [6, 6.07) is 4.93. The van der Waals surface area contributed by atoms with Gasteiger partial charge in [0.15, 0.2) is 0 Å². The number of rotatable bonds is 5. The third-order valence-electron chi connectivity index (χ3n) is 4.17. The van der Waals surface area contributed by atoms with Gasteiger partial charge in [-0.3, -0.25) is 0 Å². The van der Waals surface area contributed by atoms with Crippen molar-refractivity contribution in [1.82, 2.24) is 14.8 Å². The van der Waals surface area contributed by atoms with Crippen molar-refractivity contribution in [3.05, 3.63) is 41.4 Å². The zero-order valence-corrected chi connectivity index (χ0v) is 14.6. The van der Waals surface area contributed by atoms with E-state index in [1.54, 1.807) is 25.0 Å². The number of nitrogens with zero attached hydrogens (tertiary/aromatic N) is 3. The summed E-state index contributed by atoms with van der Waals surface area (Å²) in [5, 5.41) is 7.44. The predicted molar refractivity (Wildman–Crippen MR) is 90.7 cm³/mol. The second kappa shape index (κ2) is 6.84. The number of aromatic nitrogens is 3. The van der Waals surface area contributed by atoms with E-state index in [9.17, 15) is 4.79 Å². The van der Waals surface area contributed by atoms with E-state index < -0.39 is 12.0 Å². The SMILES string of the molecule is CCC1=C(C(=O)OC)C(c2ccc(OC)cc2OC)n2ncnc2N1. The fourth-order valence-corrected chi connectivity index (χ4v) is 2.97. The third-order valence-corrected chi connectivity index (χ3v) is 4.17. The first-order valence-electron chi connectivity index (χ1n) is 7.84. The molecule has 0 fully saturated rings. The van der Waals surface area contributed by atoms with E-state index in [0.29, 0.717) is 29.4 Å². The van der Waals surface area contributed by atoms with Crippen molar-refractivity contribution in [1.29, 1.82) is 0 Å². The number of hydrogen-bond acceptors (Lipinski definition) is 7. The maximum absolute atomic E-state index is 12.5. The molecule has 0 saturated heterocycles. The van der Waals surface area contributed by atoms with Crippen molar-refractivity contribution < 1.29 is 19.0 Å². The fraction of sp³-hybridized carbons (Fsp3) is 0.353. The Morgan fingerprint density at radius 2 is 2.08 bits per heavy atom. The quantitative estimate of drug-likeness (QED) is 0.832. The molecule has 2 aromatic rings. The molecule has 1 aromatic heterocycles. The lowest BCUT2D eigenvalue weighted by molar-refractivity contribution is -0.136. The lowest BCUT2D eigenvalue weighted by Crippen LogP contribution is -2.30. The highest BCUT2D eigenvalue weighted by molar-refractivity contribution is 5.92. The number of carbonyl (C=O) groups is 1. The topological polar surface area (TPSA) is 87.5 Å². The van der Waals surface area contributed by atoms with Crippen LogP contribution in [0.2, 0.25) is 0 Å². The molecule has 0 bridgehead atoms. The summed E-state index contributed by atoms with van der Waals surface area (Å²) in [7, 11) is 4.52. The number of benzene rings is 1. The van der Waals surface area contributed by atoms with Crippen molar-refractivity contribution in [2.24, 2.45) is 0 Å². The molecule has 0 radical (unpaired) electrons. The number of esters is 1. The molecule has 0 saturated carbocycles. The summed E-state index contributed by atoms with van der Waals surface area (Å²) in [6.45, 7) is 1.96. The minimum Gasteiger partial charge on any atom is -0.497 e. The molecule has 1 N–H and O–H groups in total. The van der Waals surface area contributed by atoms with Gasteiger partial charge in [-0.2, -0.15) is 10.1 Å². The first kappa shape index (κ1) is 16.8. The molecule has 1 aliphatic heterocycles. The summed E-state index contributed by atoms with van der Waals surface area (Å²) >= 11 is 0. The van der Waals surface area contributed by atoms with Crippen LogP contribution in [-0.4, -0.2) is 42.1 Å². The minimum absolute atomic E-state index is 0.423. The summed E-state index contributed by atoms with van der Waals surface area (Å²) < 4.78 is 17.5. The maximum Gasteiger partial charge on any atom is 0.338 e. The Labute approximate surface area is 145 Å². The summed E-state index contributed by atoms with van der Waals surface area (Å²) in [5.41, 5.74) is 1.99. The Morgan fingerprint density at radius 3 is 2.72 bits per heavy atom. The molecule has 0 spiro atoms. The van der Waals surface area contributed by atoms with Crippen molar-refractivity contribution in [3.8, 4) is 11.5 Å². The van der Waals surface area contributed by atoms with Crippen LogP contribution >= 0.6 is 0 Å². The van der Waals surface area contributed by atoms with Crippen LogP contribution in [0.5, 0.6) is 11.5 Å². The average molecular weight is 344 g/mol. The monoisotopic (exact) mass is 344 g/mol. The smallest absolute Gasteiger partial charge is 0.338 e. The molecular weight excluding hydrogens is 324 g/mol. The molecule has 0 aliphatic carbocycles. The van der Waals surface area contributed by atoms with Gasteiger partial charge >= 0.3 is 5.97 Å². The molecule has 1 aromatic carbocycles. The van der Waals surface area contributed by atoms with Gasteiger partial charge in [0.1, 0.15) is 23.9 Å². The number of nitrogens with one attached hydrogen (secondary N) is 1. The number of anilines is 1. The van der Waals surface area contributed by atoms with Gasteiger partial charge in [-0.15, -0.1) is 0 Å². The summed E-state index contributed by atoms with van der Waals surface area (Å²) in [4.78, 5) is 16.8. The molecular formula is C17H20N4O4. The molecule has 1 aliphatic rings. The number of fused-ring (bicyclic) bond motifs is 1. The molecule has 132 valence electrons. The van der Waals surface area contributed by atoms with E-state index in [1.807, 2.05) is 19.1 Å². The van der Waals surface area contributed by atoms with Crippen LogP contribution < -0.4 is 14.8 Å². The molecule has 3 rings (SSSR count). The number of hydrogen-bond donors (Lipinski definition) is 1. The van der Waals surface area contributed by atoms with E-state index in [2.05, 4.69) is 15.4 Å². The molecule has 8 nitrogen and oxygen atoms in total. The Kier molecular flexibility index (Phi) is 4.60. The van der Waals surface area contributed by atoms with E-state index >= 15 is 0 Å². The van der Waals surface area contributed by atoms with Crippen molar-refractivity contribution in [3.63, 3.8) is 0 Å². The van der Waals surface area contributed by atoms with Crippen LogP contribution in [0.4, 0.5) is 5.95 Å². The van der Waals surface area contributed by atoms with Crippen molar-refractivity contribution in [2.45, 2.75) is 19.4 Å². The molecule has 2 heterocycles. The van der Waals surface area contributed by atoms with Gasteiger partial charge in [0.2, 0.25) is 5.95 Å². The third kappa shape index (κ3) is 2.79.